The monoisotopic (exact) mass is 182 g/mol. The molecule has 2 aliphatic rings. The fourth-order valence-corrected chi connectivity index (χ4v) is 2.87. The van der Waals surface area contributed by atoms with Crippen molar-refractivity contribution in [3.05, 3.63) is 0 Å². The molecular formula is C11H18O2. The molecule has 0 heterocycles. The van der Waals surface area contributed by atoms with Crippen LogP contribution in [-0.2, 0) is 4.79 Å². The molecular weight excluding hydrogens is 164 g/mol. The van der Waals surface area contributed by atoms with Gasteiger partial charge in [0.15, 0.2) is 0 Å². The Hall–Kier alpha value is -0.530. The number of rotatable bonds is 3. The van der Waals surface area contributed by atoms with E-state index in [2.05, 4.69) is 0 Å². The average molecular weight is 182 g/mol. The van der Waals surface area contributed by atoms with Crippen LogP contribution < -0.4 is 0 Å². The third kappa shape index (κ3) is 2.23. The van der Waals surface area contributed by atoms with Crippen molar-refractivity contribution in [1.82, 2.24) is 0 Å². The molecule has 13 heavy (non-hydrogen) atoms. The van der Waals surface area contributed by atoms with Gasteiger partial charge in [-0.2, -0.15) is 0 Å². The molecule has 2 aliphatic carbocycles. The van der Waals surface area contributed by atoms with Crippen LogP contribution in [0.3, 0.4) is 0 Å². The van der Waals surface area contributed by atoms with Gasteiger partial charge < -0.3 is 5.11 Å². The third-order valence-electron chi connectivity index (χ3n) is 3.67. The second-order valence-corrected chi connectivity index (χ2v) is 4.66. The molecule has 0 saturated heterocycles. The molecule has 0 aromatic rings. The van der Waals surface area contributed by atoms with Crippen molar-refractivity contribution >= 4 is 5.97 Å². The molecule has 74 valence electrons. The Morgan fingerprint density at radius 2 is 1.92 bits per heavy atom. The lowest BCUT2D eigenvalue weighted by molar-refractivity contribution is -0.137. The SMILES string of the molecule is O=C(O)CC1CC1C1CCCCC1. The smallest absolute Gasteiger partial charge is 0.303 e. The highest BCUT2D eigenvalue weighted by molar-refractivity contribution is 5.67. The highest BCUT2D eigenvalue weighted by atomic mass is 16.4. The summed E-state index contributed by atoms with van der Waals surface area (Å²) in [6.45, 7) is 0. The highest BCUT2D eigenvalue weighted by Crippen LogP contribution is 2.50. The number of carboxylic acids is 1. The Morgan fingerprint density at radius 1 is 1.23 bits per heavy atom. The van der Waals surface area contributed by atoms with Gasteiger partial charge in [0, 0.05) is 6.42 Å². The maximum atomic E-state index is 10.5. The van der Waals surface area contributed by atoms with Crippen molar-refractivity contribution in [2.24, 2.45) is 17.8 Å². The number of hydrogen-bond acceptors (Lipinski definition) is 1. The summed E-state index contributed by atoms with van der Waals surface area (Å²) >= 11 is 0. The van der Waals surface area contributed by atoms with Gasteiger partial charge in [-0.05, 0) is 24.2 Å². The summed E-state index contributed by atoms with van der Waals surface area (Å²) in [6, 6.07) is 0. The van der Waals surface area contributed by atoms with E-state index >= 15 is 0 Å². The first-order valence-electron chi connectivity index (χ1n) is 5.49. The lowest BCUT2D eigenvalue weighted by Gasteiger charge is -2.21. The van der Waals surface area contributed by atoms with Crippen LogP contribution in [0.4, 0.5) is 0 Å². The Balaban J connectivity index is 1.74. The largest absolute Gasteiger partial charge is 0.481 e. The molecule has 0 spiro atoms. The Kier molecular flexibility index (Phi) is 2.56. The lowest BCUT2D eigenvalue weighted by atomic mass is 9.85. The van der Waals surface area contributed by atoms with Crippen molar-refractivity contribution in [2.75, 3.05) is 0 Å². The maximum absolute atomic E-state index is 10.5. The van der Waals surface area contributed by atoms with Crippen molar-refractivity contribution < 1.29 is 9.90 Å². The van der Waals surface area contributed by atoms with E-state index in [0.29, 0.717) is 12.3 Å². The maximum Gasteiger partial charge on any atom is 0.303 e. The third-order valence-corrected chi connectivity index (χ3v) is 3.67. The molecule has 2 fully saturated rings. The van der Waals surface area contributed by atoms with Crippen molar-refractivity contribution in [3.8, 4) is 0 Å². The zero-order chi connectivity index (χ0) is 9.26. The molecule has 2 atom stereocenters. The van der Waals surface area contributed by atoms with Crippen LogP contribution in [0.25, 0.3) is 0 Å². The van der Waals surface area contributed by atoms with Crippen LogP contribution in [-0.4, -0.2) is 11.1 Å². The molecule has 2 unspecified atom stereocenters. The summed E-state index contributed by atoms with van der Waals surface area (Å²) in [5, 5.41) is 8.64. The quantitative estimate of drug-likeness (QED) is 0.728. The van der Waals surface area contributed by atoms with Crippen molar-refractivity contribution in [1.29, 1.82) is 0 Å². The molecule has 2 saturated carbocycles. The summed E-state index contributed by atoms with van der Waals surface area (Å²) < 4.78 is 0. The molecule has 1 N–H and O–H groups in total. The van der Waals surface area contributed by atoms with Crippen molar-refractivity contribution in [2.45, 2.75) is 44.9 Å². The summed E-state index contributed by atoms with van der Waals surface area (Å²) in [4.78, 5) is 10.5. The van der Waals surface area contributed by atoms with Crippen LogP contribution in [0.15, 0.2) is 0 Å². The highest BCUT2D eigenvalue weighted by Gasteiger charge is 2.43. The van der Waals surface area contributed by atoms with Crippen LogP contribution in [0.5, 0.6) is 0 Å². The van der Waals surface area contributed by atoms with Gasteiger partial charge in [-0.25, -0.2) is 0 Å². The van der Waals surface area contributed by atoms with E-state index in [-0.39, 0.29) is 0 Å². The molecule has 2 rings (SSSR count). The molecule has 2 nitrogen and oxygen atoms in total. The molecule has 0 aromatic heterocycles. The summed E-state index contributed by atoms with van der Waals surface area (Å²) in [5.41, 5.74) is 0. The van der Waals surface area contributed by atoms with Gasteiger partial charge >= 0.3 is 5.97 Å². The molecule has 0 aromatic carbocycles. The average Bonchev–Trinajstić information content (AvgIpc) is 2.84. The van der Waals surface area contributed by atoms with Gasteiger partial charge in [-0.15, -0.1) is 0 Å². The first-order chi connectivity index (χ1) is 6.27. The van der Waals surface area contributed by atoms with Crippen molar-refractivity contribution in [3.63, 3.8) is 0 Å². The minimum Gasteiger partial charge on any atom is -0.481 e. The van der Waals surface area contributed by atoms with Crippen LogP contribution in [0.1, 0.15) is 44.9 Å². The Labute approximate surface area is 79.3 Å². The van der Waals surface area contributed by atoms with Gasteiger partial charge in [-0.3, -0.25) is 4.79 Å². The van der Waals surface area contributed by atoms with E-state index in [1.54, 1.807) is 0 Å². The standard InChI is InChI=1S/C11H18O2/c12-11(13)7-9-6-10(9)8-4-2-1-3-5-8/h8-10H,1-7H2,(H,12,13). The Bertz CT molecular complexity index is 194. The minimum atomic E-state index is -0.608. The zero-order valence-electron chi connectivity index (χ0n) is 8.04. The van der Waals surface area contributed by atoms with Gasteiger partial charge in [-0.1, -0.05) is 32.1 Å². The van der Waals surface area contributed by atoms with E-state index in [4.69, 9.17) is 5.11 Å². The molecule has 0 aliphatic heterocycles. The van der Waals surface area contributed by atoms with E-state index in [0.717, 1.165) is 11.8 Å². The summed E-state index contributed by atoms with van der Waals surface area (Å²) in [7, 11) is 0. The number of carbonyl (C=O) groups is 1. The van der Waals surface area contributed by atoms with E-state index in [9.17, 15) is 4.79 Å². The predicted molar refractivity (Wildman–Crippen MR) is 50.4 cm³/mol. The first-order valence-corrected chi connectivity index (χ1v) is 5.49. The van der Waals surface area contributed by atoms with Gasteiger partial charge in [0.25, 0.3) is 0 Å². The zero-order valence-corrected chi connectivity index (χ0v) is 8.04. The van der Waals surface area contributed by atoms with Crippen LogP contribution in [0, 0.1) is 17.8 Å². The molecule has 0 amide bonds. The molecule has 0 radical (unpaired) electrons. The fourth-order valence-electron chi connectivity index (χ4n) is 2.87. The molecule has 2 heteroatoms. The minimum absolute atomic E-state index is 0.418. The topological polar surface area (TPSA) is 37.3 Å². The Morgan fingerprint density at radius 3 is 2.54 bits per heavy atom. The number of carboxylic acid groups (broad SMARTS) is 1. The van der Waals surface area contributed by atoms with Gasteiger partial charge in [0.2, 0.25) is 0 Å². The molecule has 0 bridgehead atoms. The second kappa shape index (κ2) is 3.69. The van der Waals surface area contributed by atoms with Gasteiger partial charge in [0.1, 0.15) is 0 Å². The van der Waals surface area contributed by atoms with Crippen LogP contribution in [0.2, 0.25) is 0 Å². The normalized spacial score (nSPS) is 34.5. The van der Waals surface area contributed by atoms with E-state index in [1.165, 1.54) is 38.5 Å². The van der Waals surface area contributed by atoms with E-state index < -0.39 is 5.97 Å². The second-order valence-electron chi connectivity index (χ2n) is 4.66. The van der Waals surface area contributed by atoms with Crippen LogP contribution >= 0.6 is 0 Å². The fraction of sp³-hybridized carbons (Fsp3) is 0.909. The first kappa shape index (κ1) is 9.04. The summed E-state index contributed by atoms with van der Waals surface area (Å²) in [6.07, 6.45) is 8.48. The van der Waals surface area contributed by atoms with Gasteiger partial charge in [0.05, 0.1) is 0 Å². The number of hydrogen-bond donors (Lipinski definition) is 1. The summed E-state index contributed by atoms with van der Waals surface area (Å²) in [5.74, 6) is 1.57. The van der Waals surface area contributed by atoms with E-state index in [1.807, 2.05) is 0 Å². The number of aliphatic carboxylic acids is 1. The predicted octanol–water partition coefficient (Wildman–Crippen LogP) is 2.68. The lowest BCUT2D eigenvalue weighted by Crippen LogP contribution is -2.10.